The molecule has 0 saturated carbocycles. The first kappa shape index (κ1) is 6.92. The Kier molecular flexibility index (Phi) is 1.80. The Balaban J connectivity index is 2.91. The minimum Gasteiger partial charge on any atom is -0.289 e. The van der Waals surface area contributed by atoms with E-state index in [1.807, 2.05) is 0 Å². The summed E-state index contributed by atoms with van der Waals surface area (Å²) in [6, 6.07) is 0. The lowest BCUT2D eigenvalue weighted by atomic mass is 10.6. The van der Waals surface area contributed by atoms with Crippen molar-refractivity contribution < 1.29 is 4.79 Å². The zero-order valence-corrected chi connectivity index (χ0v) is 5.96. The van der Waals surface area contributed by atoms with Crippen molar-refractivity contribution in [3.8, 4) is 0 Å². The lowest BCUT2D eigenvalue weighted by Crippen LogP contribution is -2.02. The summed E-state index contributed by atoms with van der Waals surface area (Å²) in [6.45, 7) is 3.76. The van der Waals surface area contributed by atoms with E-state index in [1.54, 1.807) is 20.1 Å². The SMILES string of the molecule is Cc1nc(C)n(C[C]=O)n1. The molecule has 0 fully saturated rings. The molecule has 1 radical (unpaired) electrons. The molecule has 4 nitrogen and oxygen atoms in total. The lowest BCUT2D eigenvalue weighted by molar-refractivity contribution is 0.535. The van der Waals surface area contributed by atoms with Crippen LogP contribution in [0.3, 0.4) is 0 Å². The molecule has 1 aromatic heterocycles. The molecule has 0 amide bonds. The van der Waals surface area contributed by atoms with E-state index < -0.39 is 0 Å². The highest BCUT2D eigenvalue weighted by molar-refractivity contribution is 5.49. The predicted molar refractivity (Wildman–Crippen MR) is 35.2 cm³/mol. The minimum absolute atomic E-state index is 0.173. The number of aromatic nitrogens is 3. The second kappa shape index (κ2) is 2.60. The third-order valence-corrected chi connectivity index (χ3v) is 1.18. The van der Waals surface area contributed by atoms with Gasteiger partial charge in [0.2, 0.25) is 6.29 Å². The van der Waals surface area contributed by atoms with Crippen molar-refractivity contribution in [1.82, 2.24) is 14.8 Å². The zero-order chi connectivity index (χ0) is 7.56. The highest BCUT2D eigenvalue weighted by Gasteiger charge is 1.99. The average Bonchev–Trinajstić information content (AvgIpc) is 2.13. The number of hydrogen-bond acceptors (Lipinski definition) is 3. The van der Waals surface area contributed by atoms with Crippen molar-refractivity contribution in [2.24, 2.45) is 0 Å². The number of carbonyl (C=O) groups excluding carboxylic acids is 1. The van der Waals surface area contributed by atoms with Gasteiger partial charge >= 0.3 is 0 Å². The van der Waals surface area contributed by atoms with Gasteiger partial charge in [0.25, 0.3) is 0 Å². The van der Waals surface area contributed by atoms with Gasteiger partial charge in [-0.3, -0.25) is 4.79 Å². The molecule has 1 rings (SSSR count). The Labute approximate surface area is 58.9 Å². The monoisotopic (exact) mass is 138 g/mol. The minimum atomic E-state index is 0.173. The van der Waals surface area contributed by atoms with E-state index in [-0.39, 0.29) is 6.54 Å². The smallest absolute Gasteiger partial charge is 0.221 e. The van der Waals surface area contributed by atoms with E-state index in [0.29, 0.717) is 5.82 Å². The van der Waals surface area contributed by atoms with Gasteiger partial charge in [0, 0.05) is 0 Å². The molecule has 0 N–H and O–H groups in total. The molecule has 0 aliphatic heterocycles. The second-order valence-corrected chi connectivity index (χ2v) is 2.01. The van der Waals surface area contributed by atoms with Gasteiger partial charge in [0.15, 0.2) is 0 Å². The highest BCUT2D eigenvalue weighted by Crippen LogP contribution is 1.93. The second-order valence-electron chi connectivity index (χ2n) is 2.01. The van der Waals surface area contributed by atoms with Crippen molar-refractivity contribution in [3.05, 3.63) is 11.6 Å². The molecule has 1 heterocycles. The van der Waals surface area contributed by atoms with E-state index in [9.17, 15) is 4.79 Å². The molecule has 0 aromatic carbocycles. The largest absolute Gasteiger partial charge is 0.289 e. The van der Waals surface area contributed by atoms with Crippen molar-refractivity contribution in [1.29, 1.82) is 0 Å². The van der Waals surface area contributed by atoms with Gasteiger partial charge in [-0.2, -0.15) is 5.10 Å². The average molecular weight is 138 g/mol. The van der Waals surface area contributed by atoms with Crippen molar-refractivity contribution >= 4 is 6.29 Å². The first-order chi connectivity index (χ1) is 4.74. The van der Waals surface area contributed by atoms with Crippen molar-refractivity contribution in [3.63, 3.8) is 0 Å². The maximum Gasteiger partial charge on any atom is 0.221 e. The fourth-order valence-corrected chi connectivity index (χ4v) is 0.772. The molecule has 0 saturated heterocycles. The fourth-order valence-electron chi connectivity index (χ4n) is 0.772. The first-order valence-corrected chi connectivity index (χ1v) is 2.97. The topological polar surface area (TPSA) is 47.8 Å². The molecule has 0 bridgehead atoms. The number of hydrogen-bond donors (Lipinski definition) is 0. The molecular formula is C6H8N3O. The number of nitrogens with zero attached hydrogens (tertiary/aromatic N) is 3. The van der Waals surface area contributed by atoms with Crippen LogP contribution in [0.25, 0.3) is 0 Å². The van der Waals surface area contributed by atoms with Crippen LogP contribution in [0.4, 0.5) is 0 Å². The van der Waals surface area contributed by atoms with Crippen molar-refractivity contribution in [2.75, 3.05) is 0 Å². The normalized spacial score (nSPS) is 9.80. The Morgan fingerprint density at radius 2 is 2.30 bits per heavy atom. The van der Waals surface area contributed by atoms with E-state index >= 15 is 0 Å². The van der Waals surface area contributed by atoms with Crippen molar-refractivity contribution in [2.45, 2.75) is 20.4 Å². The zero-order valence-electron chi connectivity index (χ0n) is 5.96. The number of rotatable bonds is 2. The summed E-state index contributed by atoms with van der Waals surface area (Å²) < 4.78 is 1.52. The summed E-state index contributed by atoms with van der Waals surface area (Å²) >= 11 is 0. The Morgan fingerprint density at radius 3 is 2.70 bits per heavy atom. The Morgan fingerprint density at radius 1 is 1.60 bits per heavy atom. The predicted octanol–water partition coefficient (Wildman–Crippen LogP) is 0.00464. The molecule has 0 spiro atoms. The van der Waals surface area contributed by atoms with Gasteiger partial charge in [-0.1, -0.05) is 0 Å². The number of aryl methyl sites for hydroxylation is 2. The van der Waals surface area contributed by atoms with Crippen LogP contribution in [0.2, 0.25) is 0 Å². The van der Waals surface area contributed by atoms with Crippen LogP contribution < -0.4 is 0 Å². The van der Waals surface area contributed by atoms with Gasteiger partial charge in [-0.25, -0.2) is 9.67 Å². The molecular weight excluding hydrogens is 130 g/mol. The third-order valence-electron chi connectivity index (χ3n) is 1.18. The lowest BCUT2D eigenvalue weighted by Gasteiger charge is -1.91. The first-order valence-electron chi connectivity index (χ1n) is 2.97. The van der Waals surface area contributed by atoms with Crippen LogP contribution in [-0.4, -0.2) is 21.1 Å². The fraction of sp³-hybridized carbons (Fsp3) is 0.500. The molecule has 0 atom stereocenters. The molecule has 0 aliphatic carbocycles. The van der Waals surface area contributed by atoms with E-state index in [2.05, 4.69) is 10.1 Å². The summed E-state index contributed by atoms with van der Waals surface area (Å²) in [4.78, 5) is 13.9. The van der Waals surface area contributed by atoms with Crippen LogP contribution in [-0.2, 0) is 11.3 Å². The van der Waals surface area contributed by atoms with Gasteiger partial charge in [0.05, 0.1) is 0 Å². The third kappa shape index (κ3) is 1.21. The summed E-state index contributed by atoms with van der Waals surface area (Å²) in [6.07, 6.45) is 1.75. The van der Waals surface area contributed by atoms with E-state index in [4.69, 9.17) is 0 Å². The summed E-state index contributed by atoms with van der Waals surface area (Å²) in [7, 11) is 0. The van der Waals surface area contributed by atoms with Gasteiger partial charge < -0.3 is 0 Å². The summed E-state index contributed by atoms with van der Waals surface area (Å²) in [5, 5.41) is 3.94. The molecule has 0 aliphatic rings. The molecule has 10 heavy (non-hydrogen) atoms. The quantitative estimate of drug-likeness (QED) is 0.578. The Hall–Kier alpha value is -1.19. The van der Waals surface area contributed by atoms with Gasteiger partial charge in [0.1, 0.15) is 18.2 Å². The maximum absolute atomic E-state index is 9.92. The maximum atomic E-state index is 9.92. The van der Waals surface area contributed by atoms with Crippen LogP contribution in [0.1, 0.15) is 11.6 Å². The summed E-state index contributed by atoms with van der Waals surface area (Å²) in [5.41, 5.74) is 0. The van der Waals surface area contributed by atoms with Crippen LogP contribution in [0, 0.1) is 13.8 Å². The van der Waals surface area contributed by atoms with E-state index in [0.717, 1.165) is 5.82 Å². The summed E-state index contributed by atoms with van der Waals surface area (Å²) in [5.74, 6) is 1.44. The Bertz CT molecular complexity index is 241. The highest BCUT2D eigenvalue weighted by atomic mass is 16.1. The van der Waals surface area contributed by atoms with Crippen LogP contribution in [0.5, 0.6) is 0 Å². The molecule has 0 unspecified atom stereocenters. The molecule has 53 valence electrons. The van der Waals surface area contributed by atoms with Gasteiger partial charge in [-0.15, -0.1) is 0 Å². The van der Waals surface area contributed by atoms with Crippen LogP contribution in [0.15, 0.2) is 0 Å². The van der Waals surface area contributed by atoms with Crippen LogP contribution >= 0.6 is 0 Å². The van der Waals surface area contributed by atoms with Gasteiger partial charge in [-0.05, 0) is 13.8 Å². The standard InChI is InChI=1S/C6H8N3O/c1-5-7-6(2)9(8-5)3-4-10/h3H2,1-2H3. The molecule has 1 aromatic rings. The van der Waals surface area contributed by atoms with E-state index in [1.165, 1.54) is 4.68 Å². The molecule has 4 heteroatoms.